The SMILES string of the molecule is CCOc1ccc(CCNC(=O)c2ccccc2N2CCCC2=O)cc1OCC. The minimum Gasteiger partial charge on any atom is -0.490 e. The summed E-state index contributed by atoms with van der Waals surface area (Å²) in [6, 6.07) is 13.1. The fourth-order valence-corrected chi connectivity index (χ4v) is 3.47. The summed E-state index contributed by atoms with van der Waals surface area (Å²) in [4.78, 5) is 26.5. The molecule has 1 N–H and O–H groups in total. The highest BCUT2D eigenvalue weighted by Crippen LogP contribution is 2.29. The van der Waals surface area contributed by atoms with Gasteiger partial charge in [0.1, 0.15) is 0 Å². The molecule has 154 valence electrons. The second kappa shape index (κ2) is 9.96. The van der Waals surface area contributed by atoms with E-state index in [9.17, 15) is 9.59 Å². The lowest BCUT2D eigenvalue weighted by atomic mass is 10.1. The Hall–Kier alpha value is -3.02. The first kappa shape index (κ1) is 20.7. The molecular formula is C23H28N2O4. The van der Waals surface area contributed by atoms with Crippen molar-refractivity contribution in [3.05, 3.63) is 53.6 Å². The first-order chi connectivity index (χ1) is 14.1. The number of carbonyl (C=O) groups is 2. The number of nitrogens with zero attached hydrogens (tertiary/aromatic N) is 1. The Morgan fingerprint density at radius 2 is 1.83 bits per heavy atom. The molecular weight excluding hydrogens is 368 g/mol. The zero-order valence-corrected chi connectivity index (χ0v) is 17.1. The summed E-state index contributed by atoms with van der Waals surface area (Å²) in [6.45, 7) is 6.16. The van der Waals surface area contributed by atoms with Crippen LogP contribution in [-0.4, -0.2) is 38.1 Å². The van der Waals surface area contributed by atoms with Crippen molar-refractivity contribution in [1.29, 1.82) is 0 Å². The van der Waals surface area contributed by atoms with Crippen LogP contribution in [0.25, 0.3) is 0 Å². The maximum Gasteiger partial charge on any atom is 0.253 e. The number of benzene rings is 2. The fraction of sp³-hybridized carbons (Fsp3) is 0.391. The molecule has 3 rings (SSSR count). The van der Waals surface area contributed by atoms with Crippen molar-refractivity contribution in [2.24, 2.45) is 0 Å². The summed E-state index contributed by atoms with van der Waals surface area (Å²) in [5.41, 5.74) is 2.27. The van der Waals surface area contributed by atoms with Gasteiger partial charge >= 0.3 is 0 Å². The Bertz CT molecular complexity index is 866. The number of carbonyl (C=O) groups excluding carboxylic acids is 2. The molecule has 29 heavy (non-hydrogen) atoms. The van der Waals surface area contributed by atoms with E-state index in [1.54, 1.807) is 11.0 Å². The largest absolute Gasteiger partial charge is 0.490 e. The van der Waals surface area contributed by atoms with Crippen molar-refractivity contribution in [3.8, 4) is 11.5 Å². The number of rotatable bonds is 9. The maximum absolute atomic E-state index is 12.7. The van der Waals surface area contributed by atoms with Gasteiger partial charge in [-0.1, -0.05) is 18.2 Å². The van der Waals surface area contributed by atoms with Crippen LogP contribution in [0.15, 0.2) is 42.5 Å². The van der Waals surface area contributed by atoms with Crippen LogP contribution in [0, 0.1) is 0 Å². The summed E-state index contributed by atoms with van der Waals surface area (Å²) in [5.74, 6) is 1.35. The van der Waals surface area contributed by atoms with Crippen LogP contribution in [-0.2, 0) is 11.2 Å². The standard InChI is InChI=1S/C23H28N2O4/c1-3-28-20-12-11-17(16-21(20)29-4-2)13-14-24-23(27)18-8-5-6-9-19(18)25-15-7-10-22(25)26/h5-6,8-9,11-12,16H,3-4,7,10,13-15H2,1-2H3,(H,24,27). The van der Waals surface area contributed by atoms with Crippen LogP contribution in [0.2, 0.25) is 0 Å². The Balaban J connectivity index is 1.63. The first-order valence-corrected chi connectivity index (χ1v) is 10.2. The molecule has 0 atom stereocenters. The zero-order valence-electron chi connectivity index (χ0n) is 17.1. The van der Waals surface area contributed by atoms with Gasteiger partial charge in [0.2, 0.25) is 5.91 Å². The Morgan fingerprint density at radius 1 is 1.07 bits per heavy atom. The van der Waals surface area contributed by atoms with Crippen molar-refractivity contribution in [2.45, 2.75) is 33.1 Å². The maximum atomic E-state index is 12.7. The van der Waals surface area contributed by atoms with E-state index in [4.69, 9.17) is 9.47 Å². The average Bonchev–Trinajstić information content (AvgIpc) is 3.16. The molecule has 1 aliphatic heterocycles. The second-order valence-corrected chi connectivity index (χ2v) is 6.82. The molecule has 0 radical (unpaired) electrons. The van der Waals surface area contributed by atoms with Gasteiger partial charge in [0, 0.05) is 19.5 Å². The molecule has 2 amide bonds. The average molecular weight is 396 g/mol. The zero-order chi connectivity index (χ0) is 20.6. The minimum atomic E-state index is -0.170. The van der Waals surface area contributed by atoms with Gasteiger partial charge in [0.25, 0.3) is 5.91 Å². The molecule has 1 saturated heterocycles. The van der Waals surface area contributed by atoms with E-state index in [0.29, 0.717) is 50.4 Å². The van der Waals surface area contributed by atoms with Gasteiger partial charge in [0.15, 0.2) is 11.5 Å². The predicted molar refractivity (Wildman–Crippen MR) is 113 cm³/mol. The van der Waals surface area contributed by atoms with Gasteiger partial charge in [0.05, 0.1) is 24.5 Å². The number of amides is 2. The molecule has 6 heteroatoms. The van der Waals surface area contributed by atoms with E-state index < -0.39 is 0 Å². The summed E-state index contributed by atoms with van der Waals surface area (Å²) >= 11 is 0. The van der Waals surface area contributed by atoms with Crippen molar-refractivity contribution in [3.63, 3.8) is 0 Å². The van der Waals surface area contributed by atoms with Gasteiger partial charge in [-0.05, 0) is 56.5 Å². The van der Waals surface area contributed by atoms with E-state index in [0.717, 1.165) is 23.5 Å². The quantitative estimate of drug-likeness (QED) is 0.703. The van der Waals surface area contributed by atoms with Gasteiger partial charge in [-0.2, -0.15) is 0 Å². The molecule has 1 aliphatic rings. The summed E-state index contributed by atoms with van der Waals surface area (Å²) in [6.07, 6.45) is 2.04. The topological polar surface area (TPSA) is 67.9 Å². The molecule has 0 spiro atoms. The fourth-order valence-electron chi connectivity index (χ4n) is 3.47. The number of ether oxygens (including phenoxy) is 2. The number of hydrogen-bond acceptors (Lipinski definition) is 4. The molecule has 1 fully saturated rings. The molecule has 1 heterocycles. The van der Waals surface area contributed by atoms with E-state index in [1.165, 1.54) is 0 Å². The van der Waals surface area contributed by atoms with E-state index >= 15 is 0 Å². The summed E-state index contributed by atoms with van der Waals surface area (Å²) < 4.78 is 11.2. The Kier molecular flexibility index (Phi) is 7.11. The van der Waals surface area contributed by atoms with E-state index in [-0.39, 0.29) is 11.8 Å². The third kappa shape index (κ3) is 5.08. The van der Waals surface area contributed by atoms with Crippen LogP contribution in [0.4, 0.5) is 5.69 Å². The third-order valence-electron chi connectivity index (χ3n) is 4.82. The van der Waals surface area contributed by atoms with Crippen LogP contribution >= 0.6 is 0 Å². The van der Waals surface area contributed by atoms with Gasteiger partial charge in [-0.15, -0.1) is 0 Å². The van der Waals surface area contributed by atoms with Crippen molar-refractivity contribution in [2.75, 3.05) is 31.2 Å². The van der Waals surface area contributed by atoms with Gasteiger partial charge in [-0.3, -0.25) is 9.59 Å². The number of nitrogens with one attached hydrogen (secondary N) is 1. The van der Waals surface area contributed by atoms with Gasteiger partial charge < -0.3 is 19.7 Å². The Labute approximate surface area is 171 Å². The number of para-hydroxylation sites is 1. The lowest BCUT2D eigenvalue weighted by Crippen LogP contribution is -2.30. The molecule has 0 unspecified atom stereocenters. The summed E-state index contributed by atoms with van der Waals surface area (Å²) in [7, 11) is 0. The molecule has 0 saturated carbocycles. The van der Waals surface area contributed by atoms with Crippen LogP contribution < -0.4 is 19.7 Å². The normalized spacial score (nSPS) is 13.4. The second-order valence-electron chi connectivity index (χ2n) is 6.82. The molecule has 0 bridgehead atoms. The Morgan fingerprint density at radius 3 is 2.55 bits per heavy atom. The van der Waals surface area contributed by atoms with E-state index in [2.05, 4.69) is 5.32 Å². The van der Waals surface area contributed by atoms with Gasteiger partial charge in [-0.25, -0.2) is 0 Å². The number of anilines is 1. The highest BCUT2D eigenvalue weighted by atomic mass is 16.5. The third-order valence-corrected chi connectivity index (χ3v) is 4.82. The number of hydrogen-bond donors (Lipinski definition) is 1. The monoisotopic (exact) mass is 396 g/mol. The lowest BCUT2D eigenvalue weighted by Gasteiger charge is -2.19. The first-order valence-electron chi connectivity index (χ1n) is 10.2. The minimum absolute atomic E-state index is 0.0723. The molecule has 6 nitrogen and oxygen atoms in total. The molecule has 2 aromatic rings. The van der Waals surface area contributed by atoms with Crippen LogP contribution in [0.5, 0.6) is 11.5 Å². The summed E-state index contributed by atoms with van der Waals surface area (Å²) in [5, 5.41) is 2.97. The van der Waals surface area contributed by atoms with Crippen LogP contribution in [0.3, 0.4) is 0 Å². The van der Waals surface area contributed by atoms with Crippen molar-refractivity contribution >= 4 is 17.5 Å². The lowest BCUT2D eigenvalue weighted by molar-refractivity contribution is -0.117. The van der Waals surface area contributed by atoms with Crippen molar-refractivity contribution in [1.82, 2.24) is 5.32 Å². The predicted octanol–water partition coefficient (Wildman–Crippen LogP) is 3.58. The molecule has 2 aromatic carbocycles. The smallest absolute Gasteiger partial charge is 0.253 e. The highest BCUT2D eigenvalue weighted by Gasteiger charge is 2.25. The van der Waals surface area contributed by atoms with Crippen molar-refractivity contribution < 1.29 is 19.1 Å². The molecule has 0 aromatic heterocycles. The highest BCUT2D eigenvalue weighted by molar-refractivity contribution is 6.05. The molecule has 0 aliphatic carbocycles. The van der Waals surface area contributed by atoms with Crippen LogP contribution in [0.1, 0.15) is 42.6 Å². The van der Waals surface area contributed by atoms with E-state index in [1.807, 2.05) is 50.2 Å².